The van der Waals surface area contributed by atoms with Crippen LogP contribution in [-0.2, 0) is 0 Å². The number of carbonyl (C=O) groups excluding carboxylic acids is 1. The fourth-order valence-corrected chi connectivity index (χ4v) is 4.91. The first kappa shape index (κ1) is 22.1. The summed E-state index contributed by atoms with van der Waals surface area (Å²) in [4.78, 5) is 15.0. The molecule has 2 aliphatic rings. The Labute approximate surface area is 174 Å². The zero-order chi connectivity index (χ0) is 20.8. The molecule has 0 aromatic heterocycles. The number of rotatable bonds is 9. The van der Waals surface area contributed by atoms with Crippen molar-refractivity contribution < 1.29 is 23.0 Å². The second-order valence-corrected chi connectivity index (χ2v) is 8.47. The van der Waals surface area contributed by atoms with E-state index < -0.39 is 6.61 Å². The number of carbonyl (C=O) groups is 1. The van der Waals surface area contributed by atoms with Gasteiger partial charge in [-0.1, -0.05) is 24.8 Å². The van der Waals surface area contributed by atoms with Gasteiger partial charge in [-0.3, -0.25) is 9.80 Å². The third-order valence-electron chi connectivity index (χ3n) is 5.36. The van der Waals surface area contributed by atoms with Crippen molar-refractivity contribution in [1.82, 2.24) is 15.3 Å². The standard InChI is InChI=1S/C20H29F2N3O3S/c1-3-17-18(14-7-8-15(28-19(21)22)16(13-14)27-2)23-25(20(26)29-17)12-6-11-24-9-4-5-10-24/h7-8,13,17-19,23H,3-6,9-12H2,1-2H3. The van der Waals surface area contributed by atoms with Crippen molar-refractivity contribution >= 4 is 17.0 Å². The molecular weight excluding hydrogens is 400 g/mol. The molecule has 9 heteroatoms. The average Bonchev–Trinajstić information content (AvgIpc) is 3.22. The smallest absolute Gasteiger partial charge is 0.387 e. The molecule has 0 saturated carbocycles. The molecule has 29 heavy (non-hydrogen) atoms. The summed E-state index contributed by atoms with van der Waals surface area (Å²) >= 11 is 1.33. The van der Waals surface area contributed by atoms with Gasteiger partial charge in [0, 0.05) is 11.8 Å². The Kier molecular flexibility index (Phi) is 7.97. The number of ether oxygens (including phenoxy) is 2. The molecule has 1 N–H and O–H groups in total. The fraction of sp³-hybridized carbons (Fsp3) is 0.650. The first-order valence-electron chi connectivity index (χ1n) is 10.1. The molecule has 1 amide bonds. The number of hydrogen-bond acceptors (Lipinski definition) is 6. The van der Waals surface area contributed by atoms with Gasteiger partial charge in [-0.2, -0.15) is 8.78 Å². The molecule has 0 spiro atoms. The lowest BCUT2D eigenvalue weighted by Gasteiger charge is -2.38. The van der Waals surface area contributed by atoms with Gasteiger partial charge in [0.25, 0.3) is 5.24 Å². The van der Waals surface area contributed by atoms with Crippen molar-refractivity contribution in [2.45, 2.75) is 50.5 Å². The van der Waals surface area contributed by atoms with Crippen LogP contribution >= 0.6 is 11.8 Å². The summed E-state index contributed by atoms with van der Waals surface area (Å²) in [6.07, 6.45) is 4.22. The van der Waals surface area contributed by atoms with Gasteiger partial charge < -0.3 is 14.4 Å². The number of methoxy groups -OCH3 is 1. The van der Waals surface area contributed by atoms with Gasteiger partial charge in [0.05, 0.1) is 13.2 Å². The van der Waals surface area contributed by atoms with E-state index in [2.05, 4.69) is 15.1 Å². The minimum Gasteiger partial charge on any atom is -0.493 e. The topological polar surface area (TPSA) is 54.0 Å². The number of nitrogens with zero attached hydrogens (tertiary/aromatic N) is 2. The largest absolute Gasteiger partial charge is 0.493 e. The highest BCUT2D eigenvalue weighted by atomic mass is 32.2. The number of hydrogen-bond donors (Lipinski definition) is 1. The van der Waals surface area contributed by atoms with Crippen molar-refractivity contribution in [3.8, 4) is 11.5 Å². The molecular formula is C20H29F2N3O3S. The van der Waals surface area contributed by atoms with Crippen molar-refractivity contribution in [3.63, 3.8) is 0 Å². The molecule has 6 nitrogen and oxygen atoms in total. The zero-order valence-electron chi connectivity index (χ0n) is 16.9. The van der Waals surface area contributed by atoms with E-state index in [9.17, 15) is 13.6 Å². The Bertz CT molecular complexity index is 689. The maximum absolute atomic E-state index is 12.6. The summed E-state index contributed by atoms with van der Waals surface area (Å²) in [5.74, 6) is 0.253. The molecule has 0 radical (unpaired) electrons. The molecule has 0 aliphatic carbocycles. The summed E-state index contributed by atoms with van der Waals surface area (Å²) in [5.41, 5.74) is 4.23. The normalized spacial score (nSPS) is 23.1. The summed E-state index contributed by atoms with van der Waals surface area (Å²) < 4.78 is 34.9. The van der Waals surface area contributed by atoms with E-state index >= 15 is 0 Å². The molecule has 2 unspecified atom stereocenters. The minimum absolute atomic E-state index is 0.00121. The van der Waals surface area contributed by atoms with Crippen LogP contribution in [0.1, 0.15) is 44.2 Å². The predicted molar refractivity (Wildman–Crippen MR) is 110 cm³/mol. The average molecular weight is 430 g/mol. The van der Waals surface area contributed by atoms with E-state index in [0.717, 1.165) is 38.0 Å². The lowest BCUT2D eigenvalue weighted by Crippen LogP contribution is -2.51. The van der Waals surface area contributed by atoms with Gasteiger partial charge >= 0.3 is 6.61 Å². The van der Waals surface area contributed by atoms with Crippen LogP contribution < -0.4 is 14.9 Å². The van der Waals surface area contributed by atoms with Gasteiger partial charge in [-0.05, 0) is 63.0 Å². The summed E-state index contributed by atoms with van der Waals surface area (Å²) in [7, 11) is 1.42. The number of hydrazine groups is 1. The van der Waals surface area contributed by atoms with Crippen molar-refractivity contribution in [3.05, 3.63) is 23.8 Å². The minimum atomic E-state index is -2.91. The third-order valence-corrected chi connectivity index (χ3v) is 6.69. The van der Waals surface area contributed by atoms with Crippen LogP contribution in [0.25, 0.3) is 0 Å². The van der Waals surface area contributed by atoms with E-state index in [1.165, 1.54) is 37.8 Å². The van der Waals surface area contributed by atoms with Crippen LogP contribution in [0, 0.1) is 0 Å². The van der Waals surface area contributed by atoms with Crippen molar-refractivity contribution in [1.29, 1.82) is 0 Å². The van der Waals surface area contributed by atoms with E-state index in [0.29, 0.717) is 6.54 Å². The number of nitrogens with one attached hydrogen (secondary N) is 1. The zero-order valence-corrected chi connectivity index (χ0v) is 17.7. The molecule has 0 bridgehead atoms. The van der Waals surface area contributed by atoms with Gasteiger partial charge in [0.1, 0.15) is 0 Å². The fourth-order valence-electron chi connectivity index (χ4n) is 3.86. The van der Waals surface area contributed by atoms with Crippen LogP contribution in [0.3, 0.4) is 0 Å². The van der Waals surface area contributed by atoms with Gasteiger partial charge in [-0.15, -0.1) is 0 Å². The van der Waals surface area contributed by atoms with Crippen molar-refractivity contribution in [2.75, 3.05) is 33.3 Å². The second-order valence-electron chi connectivity index (χ2n) is 7.28. The lowest BCUT2D eigenvalue weighted by atomic mass is 10.0. The van der Waals surface area contributed by atoms with E-state index in [1.54, 1.807) is 17.1 Å². The SMILES string of the molecule is CCC1SC(=O)N(CCCN2CCCC2)NC1c1ccc(OC(F)F)c(OC)c1. The first-order chi connectivity index (χ1) is 14.0. The maximum Gasteiger partial charge on any atom is 0.387 e. The van der Waals surface area contributed by atoms with E-state index in [4.69, 9.17) is 4.74 Å². The maximum atomic E-state index is 12.6. The van der Waals surface area contributed by atoms with Gasteiger partial charge in [0.15, 0.2) is 11.5 Å². The van der Waals surface area contributed by atoms with E-state index in [1.807, 2.05) is 6.92 Å². The van der Waals surface area contributed by atoms with Crippen LogP contribution in [0.15, 0.2) is 18.2 Å². The van der Waals surface area contributed by atoms with Crippen LogP contribution in [-0.4, -0.2) is 60.3 Å². The van der Waals surface area contributed by atoms with Gasteiger partial charge in [-0.25, -0.2) is 5.43 Å². The summed E-state index contributed by atoms with van der Waals surface area (Å²) in [5, 5.41) is 1.76. The number of benzene rings is 1. The van der Waals surface area contributed by atoms with Crippen LogP contribution in [0.4, 0.5) is 13.6 Å². The molecule has 2 atom stereocenters. The predicted octanol–water partition coefficient (Wildman–Crippen LogP) is 4.28. The monoisotopic (exact) mass is 429 g/mol. The first-order valence-corrected chi connectivity index (χ1v) is 11.0. The molecule has 162 valence electrons. The molecule has 1 aromatic carbocycles. The molecule has 2 fully saturated rings. The van der Waals surface area contributed by atoms with Crippen LogP contribution in [0.2, 0.25) is 0 Å². The lowest BCUT2D eigenvalue weighted by molar-refractivity contribution is -0.0512. The summed E-state index contributed by atoms with van der Waals surface area (Å²) in [6, 6.07) is 4.83. The van der Waals surface area contributed by atoms with Crippen LogP contribution in [0.5, 0.6) is 11.5 Å². The molecule has 3 rings (SSSR count). The quantitative estimate of drug-likeness (QED) is 0.633. The number of alkyl halides is 2. The van der Waals surface area contributed by atoms with Gasteiger partial charge in [0.2, 0.25) is 0 Å². The Morgan fingerprint density at radius 2 is 2.00 bits per heavy atom. The highest BCUT2D eigenvalue weighted by Crippen LogP contribution is 2.38. The highest BCUT2D eigenvalue weighted by molar-refractivity contribution is 8.14. The Morgan fingerprint density at radius 1 is 1.24 bits per heavy atom. The number of amides is 1. The Hall–Kier alpha value is -1.58. The summed E-state index contributed by atoms with van der Waals surface area (Å²) in [6.45, 7) is 3.04. The number of likely N-dealkylation sites (tertiary alicyclic amines) is 1. The van der Waals surface area contributed by atoms with E-state index in [-0.39, 0.29) is 28.0 Å². The molecule has 2 heterocycles. The Balaban J connectivity index is 1.69. The van der Waals surface area contributed by atoms with Crippen molar-refractivity contribution in [2.24, 2.45) is 0 Å². The Morgan fingerprint density at radius 3 is 2.66 bits per heavy atom. The third kappa shape index (κ3) is 5.73. The molecule has 2 aliphatic heterocycles. The number of halogens is 2. The molecule has 1 aromatic rings. The number of thioether (sulfide) groups is 1. The second kappa shape index (κ2) is 10.4. The highest BCUT2D eigenvalue weighted by Gasteiger charge is 2.35. The molecule has 2 saturated heterocycles.